The second kappa shape index (κ2) is 5.33. The van der Waals surface area contributed by atoms with Gasteiger partial charge in [-0.3, -0.25) is 14.9 Å². The van der Waals surface area contributed by atoms with E-state index in [1.165, 1.54) is 12.3 Å². The molecular formula is C14H12BrN3O3. The van der Waals surface area contributed by atoms with Gasteiger partial charge in [-0.2, -0.15) is 0 Å². The first-order valence-electron chi connectivity index (χ1n) is 6.48. The van der Waals surface area contributed by atoms with Gasteiger partial charge in [0.15, 0.2) is 0 Å². The Balaban J connectivity index is 1.90. The molecule has 1 saturated carbocycles. The molecule has 0 spiro atoms. The molecule has 1 heterocycles. The fraction of sp³-hybridized carbons (Fsp3) is 0.214. The summed E-state index contributed by atoms with van der Waals surface area (Å²) in [5, 5.41) is 13.7. The molecule has 2 aromatic rings. The van der Waals surface area contributed by atoms with E-state index >= 15 is 0 Å². The zero-order valence-corrected chi connectivity index (χ0v) is 12.5. The van der Waals surface area contributed by atoms with Crippen LogP contribution in [0, 0.1) is 10.1 Å². The van der Waals surface area contributed by atoms with E-state index in [9.17, 15) is 14.9 Å². The van der Waals surface area contributed by atoms with Crippen LogP contribution in [0.3, 0.4) is 0 Å². The van der Waals surface area contributed by atoms with Crippen LogP contribution < -0.4 is 5.32 Å². The van der Waals surface area contributed by atoms with E-state index in [1.54, 1.807) is 10.6 Å². The summed E-state index contributed by atoms with van der Waals surface area (Å²) < 4.78 is 2.46. The molecule has 1 aliphatic carbocycles. The topological polar surface area (TPSA) is 77.2 Å². The van der Waals surface area contributed by atoms with Gasteiger partial charge in [0.1, 0.15) is 5.69 Å². The molecule has 1 N–H and O–H groups in total. The van der Waals surface area contributed by atoms with E-state index in [4.69, 9.17) is 0 Å². The highest BCUT2D eigenvalue weighted by Crippen LogP contribution is 2.38. The predicted molar refractivity (Wildman–Crippen MR) is 81.5 cm³/mol. The molecule has 1 aromatic heterocycles. The van der Waals surface area contributed by atoms with Crippen LogP contribution in [0.5, 0.6) is 0 Å². The van der Waals surface area contributed by atoms with Crippen LogP contribution in [0.15, 0.2) is 41.0 Å². The number of rotatable bonds is 4. The van der Waals surface area contributed by atoms with Gasteiger partial charge in [0, 0.05) is 16.6 Å². The lowest BCUT2D eigenvalue weighted by Gasteiger charge is -2.09. The lowest BCUT2D eigenvalue weighted by Crippen LogP contribution is -2.16. The van der Waals surface area contributed by atoms with E-state index < -0.39 is 4.92 Å². The number of para-hydroxylation sites is 1. The van der Waals surface area contributed by atoms with Crippen molar-refractivity contribution >= 4 is 33.2 Å². The standard InChI is InChI=1S/C14H12BrN3O3/c15-11-3-1-2-4-12(11)16-14(19)13-7-10(18(20)21)8-17(13)9-5-6-9/h1-4,7-9H,5-6H2,(H,16,19). The summed E-state index contributed by atoms with van der Waals surface area (Å²) in [6.45, 7) is 0. The van der Waals surface area contributed by atoms with Gasteiger partial charge in [-0.05, 0) is 40.9 Å². The highest BCUT2D eigenvalue weighted by Gasteiger charge is 2.30. The Morgan fingerprint density at radius 2 is 2.10 bits per heavy atom. The Labute approximate surface area is 129 Å². The third kappa shape index (κ3) is 2.82. The van der Waals surface area contributed by atoms with E-state index in [0.717, 1.165) is 17.3 Å². The van der Waals surface area contributed by atoms with Crippen LogP contribution in [0.25, 0.3) is 0 Å². The Morgan fingerprint density at radius 1 is 1.38 bits per heavy atom. The van der Waals surface area contributed by atoms with Crippen LogP contribution in [0.1, 0.15) is 29.4 Å². The minimum Gasteiger partial charge on any atom is -0.334 e. The van der Waals surface area contributed by atoms with Crippen molar-refractivity contribution in [2.45, 2.75) is 18.9 Å². The van der Waals surface area contributed by atoms with Crippen molar-refractivity contribution in [1.82, 2.24) is 4.57 Å². The zero-order chi connectivity index (χ0) is 15.0. The van der Waals surface area contributed by atoms with Gasteiger partial charge in [0.05, 0.1) is 16.8 Å². The molecule has 1 aliphatic rings. The maximum absolute atomic E-state index is 12.4. The normalized spacial score (nSPS) is 14.0. The molecule has 0 radical (unpaired) electrons. The summed E-state index contributed by atoms with van der Waals surface area (Å²) in [4.78, 5) is 22.8. The number of nitrogens with one attached hydrogen (secondary N) is 1. The van der Waals surface area contributed by atoms with E-state index in [-0.39, 0.29) is 17.6 Å². The third-order valence-electron chi connectivity index (χ3n) is 3.34. The maximum atomic E-state index is 12.4. The Kier molecular flexibility index (Phi) is 3.50. The first-order valence-corrected chi connectivity index (χ1v) is 7.27. The van der Waals surface area contributed by atoms with Gasteiger partial charge in [-0.15, -0.1) is 0 Å². The summed E-state index contributed by atoms with van der Waals surface area (Å²) in [5.74, 6) is -0.345. The Morgan fingerprint density at radius 3 is 2.71 bits per heavy atom. The lowest BCUT2D eigenvalue weighted by atomic mass is 10.3. The maximum Gasteiger partial charge on any atom is 0.287 e. The molecule has 21 heavy (non-hydrogen) atoms. The summed E-state index contributed by atoms with van der Waals surface area (Å²) in [6, 6.07) is 8.75. The van der Waals surface area contributed by atoms with Crippen molar-refractivity contribution < 1.29 is 9.72 Å². The summed E-state index contributed by atoms with van der Waals surface area (Å²) >= 11 is 3.36. The average Bonchev–Trinajstić information content (AvgIpc) is 3.19. The van der Waals surface area contributed by atoms with Crippen LogP contribution >= 0.6 is 15.9 Å². The molecule has 1 amide bonds. The van der Waals surface area contributed by atoms with Gasteiger partial charge in [0.2, 0.25) is 0 Å². The number of aromatic nitrogens is 1. The van der Waals surface area contributed by atoms with Crippen LogP contribution in [0.4, 0.5) is 11.4 Å². The lowest BCUT2D eigenvalue weighted by molar-refractivity contribution is -0.384. The van der Waals surface area contributed by atoms with Gasteiger partial charge in [0.25, 0.3) is 11.6 Å². The number of nitro groups is 1. The molecule has 0 saturated heterocycles. The molecule has 0 unspecified atom stereocenters. The highest BCUT2D eigenvalue weighted by atomic mass is 79.9. The molecule has 1 fully saturated rings. The number of benzene rings is 1. The van der Waals surface area contributed by atoms with Crippen molar-refractivity contribution in [2.75, 3.05) is 5.32 Å². The summed E-state index contributed by atoms with van der Waals surface area (Å²) in [7, 11) is 0. The van der Waals surface area contributed by atoms with Gasteiger partial charge >= 0.3 is 0 Å². The number of carbonyl (C=O) groups is 1. The van der Waals surface area contributed by atoms with Crippen molar-refractivity contribution in [3.8, 4) is 0 Å². The number of nitrogens with zero attached hydrogens (tertiary/aromatic N) is 2. The largest absolute Gasteiger partial charge is 0.334 e. The fourth-order valence-electron chi connectivity index (χ4n) is 2.15. The number of carbonyl (C=O) groups excluding carboxylic acids is 1. The summed E-state index contributed by atoms with van der Waals surface area (Å²) in [6.07, 6.45) is 3.33. The van der Waals surface area contributed by atoms with Crippen molar-refractivity contribution in [1.29, 1.82) is 0 Å². The van der Waals surface area contributed by atoms with Crippen molar-refractivity contribution in [2.24, 2.45) is 0 Å². The first kappa shape index (κ1) is 13.8. The second-order valence-electron chi connectivity index (χ2n) is 4.91. The molecular weight excluding hydrogens is 338 g/mol. The average molecular weight is 350 g/mol. The van der Waals surface area contributed by atoms with E-state index in [2.05, 4.69) is 21.2 Å². The van der Waals surface area contributed by atoms with Crippen molar-refractivity contribution in [3.63, 3.8) is 0 Å². The highest BCUT2D eigenvalue weighted by molar-refractivity contribution is 9.10. The molecule has 6 nitrogen and oxygen atoms in total. The van der Waals surface area contributed by atoms with Crippen LogP contribution in [0.2, 0.25) is 0 Å². The summed E-state index contributed by atoms with van der Waals surface area (Å²) in [5.41, 5.74) is 0.896. The third-order valence-corrected chi connectivity index (χ3v) is 4.03. The molecule has 108 valence electrons. The molecule has 7 heteroatoms. The fourth-order valence-corrected chi connectivity index (χ4v) is 2.53. The molecule has 0 atom stereocenters. The van der Waals surface area contributed by atoms with E-state index in [1.807, 2.05) is 18.2 Å². The number of hydrogen-bond acceptors (Lipinski definition) is 3. The molecule has 3 rings (SSSR count). The number of halogens is 1. The quantitative estimate of drug-likeness (QED) is 0.674. The Hall–Kier alpha value is -2.15. The number of hydrogen-bond donors (Lipinski definition) is 1. The molecule has 0 bridgehead atoms. The monoisotopic (exact) mass is 349 g/mol. The smallest absolute Gasteiger partial charge is 0.287 e. The van der Waals surface area contributed by atoms with Crippen LogP contribution in [-0.2, 0) is 0 Å². The van der Waals surface area contributed by atoms with E-state index in [0.29, 0.717) is 11.4 Å². The molecule has 1 aromatic carbocycles. The van der Waals surface area contributed by atoms with Crippen LogP contribution in [-0.4, -0.2) is 15.4 Å². The molecule has 0 aliphatic heterocycles. The van der Waals surface area contributed by atoms with Gasteiger partial charge < -0.3 is 9.88 Å². The number of amides is 1. The van der Waals surface area contributed by atoms with Crippen molar-refractivity contribution in [3.05, 3.63) is 56.8 Å². The predicted octanol–water partition coefficient (Wildman–Crippen LogP) is 3.75. The number of anilines is 1. The SMILES string of the molecule is O=C(Nc1ccccc1Br)c1cc([N+](=O)[O-])cn1C1CC1. The minimum atomic E-state index is -0.478. The second-order valence-corrected chi connectivity index (χ2v) is 5.77. The van der Waals surface area contributed by atoms with Gasteiger partial charge in [-0.1, -0.05) is 12.1 Å². The first-order chi connectivity index (χ1) is 10.1. The minimum absolute atomic E-state index is 0.0563. The Bertz CT molecular complexity index is 722. The zero-order valence-electron chi connectivity index (χ0n) is 11.0. The van der Waals surface area contributed by atoms with Gasteiger partial charge in [-0.25, -0.2) is 0 Å².